The van der Waals surface area contributed by atoms with Gasteiger partial charge >= 0.3 is 6.18 Å². The minimum atomic E-state index is -4.44. The zero-order chi connectivity index (χ0) is 17.5. The summed E-state index contributed by atoms with van der Waals surface area (Å²) in [7, 11) is 1.51. The molecule has 0 saturated heterocycles. The maximum atomic E-state index is 12.5. The van der Waals surface area contributed by atoms with Gasteiger partial charge in [0.25, 0.3) is 11.9 Å². The monoisotopic (exact) mass is 332 g/mol. The van der Waals surface area contributed by atoms with Gasteiger partial charge in [0, 0.05) is 12.7 Å². The lowest BCUT2D eigenvalue weighted by Crippen LogP contribution is -2.34. The van der Waals surface area contributed by atoms with E-state index in [4.69, 9.17) is 9.47 Å². The van der Waals surface area contributed by atoms with E-state index in [1.807, 2.05) is 0 Å². The third-order valence-electron chi connectivity index (χ3n) is 2.59. The van der Waals surface area contributed by atoms with Crippen molar-refractivity contribution in [3.05, 3.63) is 35.4 Å². The number of ether oxygens (including phenoxy) is 2. The molecular weight excluding hydrogens is 313 g/mol. The number of hydrogen-bond donors (Lipinski definition) is 1. The van der Waals surface area contributed by atoms with Crippen LogP contribution in [0.1, 0.15) is 29.8 Å². The van der Waals surface area contributed by atoms with Crippen molar-refractivity contribution in [3.8, 4) is 0 Å². The first-order valence-electron chi connectivity index (χ1n) is 6.92. The quantitative estimate of drug-likeness (QED) is 0.512. The van der Waals surface area contributed by atoms with Crippen LogP contribution in [0, 0.1) is 0 Å². The predicted octanol–water partition coefficient (Wildman–Crippen LogP) is 2.86. The molecule has 0 radical (unpaired) electrons. The minimum absolute atomic E-state index is 0.00180. The molecule has 23 heavy (non-hydrogen) atoms. The number of rotatable bonds is 5. The predicted molar refractivity (Wildman–Crippen MR) is 79.3 cm³/mol. The Kier molecular flexibility index (Phi) is 7.02. The van der Waals surface area contributed by atoms with E-state index in [0.29, 0.717) is 6.61 Å². The molecule has 0 saturated carbocycles. The number of halogens is 3. The second-order valence-corrected chi connectivity index (χ2v) is 4.88. The number of methoxy groups -OCH3 is 1. The number of carbonyl (C=O) groups excluding carboxylic acids is 1. The lowest BCUT2D eigenvalue weighted by atomic mass is 10.1. The van der Waals surface area contributed by atoms with Crippen LogP contribution < -0.4 is 5.32 Å². The smallest absolute Gasteiger partial charge is 0.416 e. The van der Waals surface area contributed by atoms with E-state index < -0.39 is 17.6 Å². The van der Waals surface area contributed by atoms with E-state index >= 15 is 0 Å². The maximum Gasteiger partial charge on any atom is 0.416 e. The number of nitrogens with zero attached hydrogens (tertiary/aromatic N) is 1. The van der Waals surface area contributed by atoms with Crippen molar-refractivity contribution in [2.24, 2.45) is 4.99 Å². The average Bonchev–Trinajstić information content (AvgIpc) is 2.46. The number of amides is 1. The van der Waals surface area contributed by atoms with Crippen LogP contribution in [0.25, 0.3) is 0 Å². The number of amidine groups is 1. The first-order chi connectivity index (χ1) is 10.7. The van der Waals surface area contributed by atoms with Gasteiger partial charge in [-0.15, -0.1) is 0 Å². The largest absolute Gasteiger partial charge is 0.462 e. The van der Waals surface area contributed by atoms with Crippen LogP contribution in [0.15, 0.2) is 29.3 Å². The molecule has 1 aromatic carbocycles. The van der Waals surface area contributed by atoms with Crippen molar-refractivity contribution in [2.45, 2.75) is 26.1 Å². The van der Waals surface area contributed by atoms with E-state index in [9.17, 15) is 18.0 Å². The summed E-state index contributed by atoms with van der Waals surface area (Å²) in [6.07, 6.45) is -4.66. The van der Waals surface area contributed by atoms with E-state index in [1.165, 1.54) is 7.11 Å². The maximum absolute atomic E-state index is 12.5. The van der Waals surface area contributed by atoms with E-state index in [1.54, 1.807) is 13.8 Å². The molecule has 0 aromatic heterocycles. The summed E-state index contributed by atoms with van der Waals surface area (Å²) in [5.41, 5.74) is -0.744. The molecule has 0 heterocycles. The number of hydrogen-bond acceptors (Lipinski definition) is 4. The Morgan fingerprint density at radius 1 is 1.26 bits per heavy atom. The minimum Gasteiger partial charge on any atom is -0.462 e. The van der Waals surface area contributed by atoms with Gasteiger partial charge in [-0.05, 0) is 38.1 Å². The molecule has 1 aromatic rings. The van der Waals surface area contributed by atoms with E-state index in [-0.39, 0.29) is 24.2 Å². The highest BCUT2D eigenvalue weighted by Gasteiger charge is 2.30. The van der Waals surface area contributed by atoms with Crippen molar-refractivity contribution < 1.29 is 27.4 Å². The molecule has 0 unspecified atom stereocenters. The Hall–Kier alpha value is -2.09. The van der Waals surface area contributed by atoms with Crippen LogP contribution in [0.2, 0.25) is 0 Å². The fourth-order valence-electron chi connectivity index (χ4n) is 1.55. The molecule has 0 spiro atoms. The van der Waals surface area contributed by atoms with Crippen LogP contribution in [-0.4, -0.2) is 38.3 Å². The molecule has 1 N–H and O–H groups in total. The molecule has 0 atom stereocenters. The van der Waals surface area contributed by atoms with Gasteiger partial charge < -0.3 is 9.47 Å². The Morgan fingerprint density at radius 3 is 2.35 bits per heavy atom. The molecule has 0 aliphatic rings. The fraction of sp³-hybridized carbons (Fsp3) is 0.467. The van der Waals surface area contributed by atoms with Gasteiger partial charge in [0.05, 0.1) is 24.8 Å². The highest BCUT2D eigenvalue weighted by Crippen LogP contribution is 2.29. The Labute approximate surface area is 132 Å². The lowest BCUT2D eigenvalue weighted by Gasteiger charge is -2.14. The van der Waals surface area contributed by atoms with Gasteiger partial charge in [-0.2, -0.15) is 13.2 Å². The normalized spacial score (nSPS) is 12.4. The topological polar surface area (TPSA) is 59.9 Å². The molecule has 1 rings (SSSR count). The van der Waals surface area contributed by atoms with Gasteiger partial charge in [0.1, 0.15) is 0 Å². The average molecular weight is 332 g/mol. The van der Waals surface area contributed by atoms with Gasteiger partial charge in [0.2, 0.25) is 0 Å². The number of carbonyl (C=O) groups is 1. The summed E-state index contributed by atoms with van der Waals surface area (Å²) in [6, 6.07) is 3.89. The highest BCUT2D eigenvalue weighted by molar-refractivity contribution is 6.04. The Morgan fingerprint density at radius 2 is 1.87 bits per heavy atom. The van der Waals surface area contributed by atoms with Crippen molar-refractivity contribution >= 4 is 11.9 Å². The second-order valence-electron chi connectivity index (χ2n) is 4.88. The SMILES string of the molecule is COCCN=C(NC(=O)c1ccc(C(F)(F)F)cc1)OC(C)C. The van der Waals surface area contributed by atoms with Crippen LogP contribution in [0.3, 0.4) is 0 Å². The summed E-state index contributed by atoms with van der Waals surface area (Å²) in [5, 5.41) is 2.43. The molecule has 1 amide bonds. The van der Waals surface area contributed by atoms with Crippen LogP contribution in [0.4, 0.5) is 13.2 Å². The molecule has 0 bridgehead atoms. The summed E-state index contributed by atoms with van der Waals surface area (Å²) in [6.45, 7) is 4.15. The second kappa shape index (κ2) is 8.52. The number of nitrogens with one attached hydrogen (secondary N) is 1. The zero-order valence-electron chi connectivity index (χ0n) is 13.1. The molecule has 5 nitrogen and oxygen atoms in total. The molecule has 128 valence electrons. The van der Waals surface area contributed by atoms with E-state index in [2.05, 4.69) is 10.3 Å². The fourth-order valence-corrected chi connectivity index (χ4v) is 1.55. The molecule has 0 fully saturated rings. The van der Waals surface area contributed by atoms with Crippen LogP contribution in [-0.2, 0) is 15.7 Å². The highest BCUT2D eigenvalue weighted by atomic mass is 19.4. The van der Waals surface area contributed by atoms with Crippen molar-refractivity contribution in [3.63, 3.8) is 0 Å². The van der Waals surface area contributed by atoms with Gasteiger partial charge in [-0.25, -0.2) is 4.99 Å². The third-order valence-corrected chi connectivity index (χ3v) is 2.59. The van der Waals surface area contributed by atoms with Crippen molar-refractivity contribution in [1.82, 2.24) is 5.32 Å². The summed E-state index contributed by atoms with van der Waals surface area (Å²) < 4.78 is 47.7. The Bertz CT molecular complexity index is 540. The van der Waals surface area contributed by atoms with Gasteiger partial charge in [0.15, 0.2) is 0 Å². The summed E-state index contributed by atoms with van der Waals surface area (Å²) in [4.78, 5) is 16.1. The van der Waals surface area contributed by atoms with E-state index in [0.717, 1.165) is 24.3 Å². The number of alkyl halides is 3. The van der Waals surface area contributed by atoms with Gasteiger partial charge in [-0.3, -0.25) is 10.1 Å². The first kappa shape index (κ1) is 19.0. The van der Waals surface area contributed by atoms with Crippen LogP contribution >= 0.6 is 0 Å². The van der Waals surface area contributed by atoms with Crippen molar-refractivity contribution in [1.29, 1.82) is 0 Å². The summed E-state index contributed by atoms with van der Waals surface area (Å²) >= 11 is 0. The van der Waals surface area contributed by atoms with Crippen LogP contribution in [0.5, 0.6) is 0 Å². The van der Waals surface area contributed by atoms with Crippen molar-refractivity contribution in [2.75, 3.05) is 20.3 Å². The number of aliphatic imine (C=N–C) groups is 1. The lowest BCUT2D eigenvalue weighted by molar-refractivity contribution is -0.137. The first-order valence-corrected chi connectivity index (χ1v) is 6.92. The Balaban J connectivity index is 2.79. The molecule has 0 aliphatic carbocycles. The standard InChI is InChI=1S/C15H19F3N2O3/c1-10(2)23-14(19-8-9-22-3)20-13(21)11-4-6-12(7-5-11)15(16,17)18/h4-7,10H,8-9H2,1-3H3,(H,19,20,21). The molecule has 8 heteroatoms. The third kappa shape index (κ3) is 6.68. The number of benzene rings is 1. The van der Waals surface area contributed by atoms with Gasteiger partial charge in [-0.1, -0.05) is 0 Å². The zero-order valence-corrected chi connectivity index (χ0v) is 13.1. The molecule has 0 aliphatic heterocycles. The summed E-state index contributed by atoms with van der Waals surface area (Å²) in [5.74, 6) is -0.601. The molecular formula is C15H19F3N2O3.